The summed E-state index contributed by atoms with van der Waals surface area (Å²) in [4.78, 5) is 11.6. The summed E-state index contributed by atoms with van der Waals surface area (Å²) in [5.74, 6) is -0.200. The first-order valence-corrected chi connectivity index (χ1v) is 6.48. The highest BCUT2D eigenvalue weighted by atomic mass is 32.2. The van der Waals surface area contributed by atoms with E-state index in [1.54, 1.807) is 0 Å². The van der Waals surface area contributed by atoms with Gasteiger partial charge in [-0.25, -0.2) is 4.79 Å². The summed E-state index contributed by atoms with van der Waals surface area (Å²) >= 11 is 2.08. The zero-order valence-corrected chi connectivity index (χ0v) is 9.93. The first-order valence-electron chi connectivity index (χ1n) is 5.54. The average Bonchev–Trinajstić information content (AvgIpc) is 2.60. The molecule has 3 unspecified atom stereocenters. The number of epoxide rings is 1. The van der Waals surface area contributed by atoms with Crippen molar-refractivity contribution in [2.75, 3.05) is 7.11 Å². The van der Waals surface area contributed by atoms with E-state index in [0.29, 0.717) is 10.5 Å². The number of methoxy groups -OCH3 is 1. The molecule has 3 aliphatic heterocycles. The molecule has 0 amide bonds. The molecular formula is C11H16O3S. The Bertz CT molecular complexity index is 305. The highest BCUT2D eigenvalue weighted by Crippen LogP contribution is 2.62. The zero-order chi connectivity index (χ0) is 10.7. The van der Waals surface area contributed by atoms with Gasteiger partial charge in [-0.05, 0) is 32.6 Å². The van der Waals surface area contributed by atoms with E-state index >= 15 is 0 Å². The van der Waals surface area contributed by atoms with Gasteiger partial charge in [0.2, 0.25) is 0 Å². The summed E-state index contributed by atoms with van der Waals surface area (Å²) < 4.78 is 10.6. The van der Waals surface area contributed by atoms with Crippen molar-refractivity contribution in [2.45, 2.75) is 54.3 Å². The van der Waals surface area contributed by atoms with E-state index in [2.05, 4.69) is 11.8 Å². The number of carbonyl (C=O) groups is 1. The molecule has 1 spiro atoms. The Balaban J connectivity index is 1.81. The van der Waals surface area contributed by atoms with Crippen molar-refractivity contribution in [1.29, 1.82) is 0 Å². The van der Waals surface area contributed by atoms with Gasteiger partial charge in [-0.3, -0.25) is 0 Å². The van der Waals surface area contributed by atoms with Crippen molar-refractivity contribution < 1.29 is 14.3 Å². The third-order valence-corrected chi connectivity index (χ3v) is 5.69. The second-order valence-corrected chi connectivity index (χ2v) is 6.59. The van der Waals surface area contributed by atoms with E-state index < -0.39 is 5.60 Å². The number of esters is 1. The van der Waals surface area contributed by atoms with Crippen molar-refractivity contribution in [1.82, 2.24) is 0 Å². The SMILES string of the molecule is COC(=O)C1(C)OC12CC1CCC(C2)S1. The van der Waals surface area contributed by atoms with Crippen molar-refractivity contribution in [3.63, 3.8) is 0 Å². The lowest BCUT2D eigenvalue weighted by molar-refractivity contribution is -0.146. The van der Waals surface area contributed by atoms with Gasteiger partial charge in [0.25, 0.3) is 0 Å². The first-order chi connectivity index (χ1) is 7.10. The standard InChI is InChI=1S/C11H16O3S/c1-10(9(12)13-2)11(14-10)5-7-3-4-8(6-11)15-7/h7-8H,3-6H2,1-2H3. The molecule has 0 aromatic carbocycles. The topological polar surface area (TPSA) is 38.8 Å². The van der Waals surface area contributed by atoms with Gasteiger partial charge in [-0.2, -0.15) is 11.8 Å². The summed E-state index contributed by atoms with van der Waals surface area (Å²) in [6.45, 7) is 1.88. The van der Waals surface area contributed by atoms with E-state index in [1.807, 2.05) is 6.92 Å². The Kier molecular flexibility index (Phi) is 1.94. The third kappa shape index (κ3) is 1.21. The lowest BCUT2D eigenvalue weighted by Crippen LogP contribution is -2.37. The minimum absolute atomic E-state index is 0.183. The summed E-state index contributed by atoms with van der Waals surface area (Å²) in [5, 5.41) is 1.41. The normalized spacial score (nSPS) is 51.9. The molecule has 0 aliphatic carbocycles. The van der Waals surface area contributed by atoms with Crippen LogP contribution in [0.1, 0.15) is 32.6 Å². The van der Waals surface area contributed by atoms with Crippen LogP contribution in [0.5, 0.6) is 0 Å². The Labute approximate surface area is 93.9 Å². The van der Waals surface area contributed by atoms with Gasteiger partial charge in [0, 0.05) is 10.5 Å². The van der Waals surface area contributed by atoms with Crippen LogP contribution >= 0.6 is 11.8 Å². The van der Waals surface area contributed by atoms with Crippen molar-refractivity contribution in [3.05, 3.63) is 0 Å². The quantitative estimate of drug-likeness (QED) is 0.506. The molecule has 0 aromatic rings. The molecule has 3 fully saturated rings. The lowest BCUT2D eigenvalue weighted by Gasteiger charge is -2.26. The summed E-state index contributed by atoms with van der Waals surface area (Å²) in [5.41, 5.74) is -0.833. The third-order valence-electron chi connectivity index (χ3n) is 4.11. The molecule has 3 atom stereocenters. The second kappa shape index (κ2) is 2.92. The van der Waals surface area contributed by atoms with E-state index in [0.717, 1.165) is 12.8 Å². The minimum Gasteiger partial charge on any atom is -0.467 e. The van der Waals surface area contributed by atoms with Crippen LogP contribution in [0.15, 0.2) is 0 Å². The maximum absolute atomic E-state index is 11.6. The van der Waals surface area contributed by atoms with E-state index in [4.69, 9.17) is 9.47 Å². The second-order valence-electron chi connectivity index (χ2n) is 4.99. The molecule has 0 N–H and O–H groups in total. The fraction of sp³-hybridized carbons (Fsp3) is 0.909. The van der Waals surface area contributed by atoms with Crippen LogP contribution in [0.25, 0.3) is 0 Å². The Morgan fingerprint density at radius 2 is 2.00 bits per heavy atom. The van der Waals surface area contributed by atoms with Crippen LogP contribution in [-0.2, 0) is 14.3 Å². The number of rotatable bonds is 1. The van der Waals surface area contributed by atoms with E-state index in [1.165, 1.54) is 20.0 Å². The average molecular weight is 228 g/mol. The van der Waals surface area contributed by atoms with Crippen LogP contribution in [0.4, 0.5) is 0 Å². The molecule has 3 rings (SSSR count). The summed E-state index contributed by atoms with van der Waals surface area (Å²) in [7, 11) is 1.44. The predicted molar refractivity (Wildman–Crippen MR) is 57.9 cm³/mol. The van der Waals surface area contributed by atoms with Gasteiger partial charge in [-0.15, -0.1) is 0 Å². The first kappa shape index (κ1) is 9.97. The molecule has 0 saturated carbocycles. The largest absolute Gasteiger partial charge is 0.467 e. The predicted octanol–water partition coefficient (Wildman–Crippen LogP) is 1.75. The fourth-order valence-electron chi connectivity index (χ4n) is 3.16. The molecule has 3 nitrogen and oxygen atoms in total. The monoisotopic (exact) mass is 228 g/mol. The molecule has 0 aromatic heterocycles. The number of hydrogen-bond acceptors (Lipinski definition) is 4. The van der Waals surface area contributed by atoms with Crippen molar-refractivity contribution in [3.8, 4) is 0 Å². The van der Waals surface area contributed by atoms with Gasteiger partial charge in [0.1, 0.15) is 5.60 Å². The Morgan fingerprint density at radius 1 is 1.40 bits per heavy atom. The van der Waals surface area contributed by atoms with Crippen molar-refractivity contribution >= 4 is 17.7 Å². The molecule has 84 valence electrons. The van der Waals surface area contributed by atoms with Gasteiger partial charge < -0.3 is 9.47 Å². The molecule has 0 radical (unpaired) electrons. The van der Waals surface area contributed by atoms with Crippen LogP contribution in [0.3, 0.4) is 0 Å². The molecular weight excluding hydrogens is 212 g/mol. The minimum atomic E-state index is -0.649. The van der Waals surface area contributed by atoms with Gasteiger partial charge in [0.15, 0.2) is 5.60 Å². The van der Waals surface area contributed by atoms with Crippen LogP contribution in [0.2, 0.25) is 0 Å². The maximum atomic E-state index is 11.6. The molecule has 15 heavy (non-hydrogen) atoms. The highest BCUT2D eigenvalue weighted by molar-refractivity contribution is 8.00. The van der Waals surface area contributed by atoms with Gasteiger partial charge in [0.05, 0.1) is 7.11 Å². The maximum Gasteiger partial charge on any atom is 0.340 e. The number of carbonyl (C=O) groups excluding carboxylic acids is 1. The van der Waals surface area contributed by atoms with E-state index in [9.17, 15) is 4.79 Å². The lowest BCUT2D eigenvalue weighted by atomic mass is 9.87. The summed E-state index contributed by atoms with van der Waals surface area (Å²) in [6.07, 6.45) is 4.63. The molecule has 3 aliphatic rings. The smallest absolute Gasteiger partial charge is 0.340 e. The number of fused-ring (bicyclic) bond motifs is 2. The number of hydrogen-bond donors (Lipinski definition) is 0. The van der Waals surface area contributed by atoms with Crippen LogP contribution in [-0.4, -0.2) is 34.8 Å². The number of ether oxygens (including phenoxy) is 2. The molecule has 3 heterocycles. The van der Waals surface area contributed by atoms with Crippen molar-refractivity contribution in [2.24, 2.45) is 0 Å². The zero-order valence-electron chi connectivity index (χ0n) is 9.12. The van der Waals surface area contributed by atoms with Crippen LogP contribution in [0, 0.1) is 0 Å². The molecule has 3 saturated heterocycles. The molecule has 2 bridgehead atoms. The molecule has 4 heteroatoms. The van der Waals surface area contributed by atoms with Gasteiger partial charge >= 0.3 is 5.97 Å². The number of thioether (sulfide) groups is 1. The highest BCUT2D eigenvalue weighted by Gasteiger charge is 2.74. The Hall–Kier alpha value is -0.220. The summed E-state index contributed by atoms with van der Waals surface area (Å²) in [6, 6.07) is 0. The van der Waals surface area contributed by atoms with Gasteiger partial charge in [-0.1, -0.05) is 0 Å². The fourth-order valence-corrected chi connectivity index (χ4v) is 4.98. The van der Waals surface area contributed by atoms with E-state index in [-0.39, 0.29) is 11.6 Å². The Morgan fingerprint density at radius 3 is 2.53 bits per heavy atom. The van der Waals surface area contributed by atoms with Crippen LogP contribution < -0.4 is 0 Å².